The molecule has 0 unspecified atom stereocenters. The number of allylic oxidation sites excluding steroid dienone is 3. The molecule has 3 N–H and O–H groups in total. The highest BCUT2D eigenvalue weighted by Gasteiger charge is 2.22. The van der Waals surface area contributed by atoms with Crippen LogP contribution in [0.1, 0.15) is 52.5 Å². The fraction of sp³-hybridized carbons (Fsp3) is 0.250. The van der Waals surface area contributed by atoms with E-state index in [-0.39, 0.29) is 11.9 Å². The number of fused-ring (bicyclic) bond motifs is 2. The molecule has 7 rings (SSSR count). The first-order valence-corrected chi connectivity index (χ1v) is 14.7. The van der Waals surface area contributed by atoms with Crippen LogP contribution in [0.3, 0.4) is 0 Å². The maximum atomic E-state index is 12.0. The quantitative estimate of drug-likeness (QED) is 0.208. The fourth-order valence-corrected chi connectivity index (χ4v) is 6.46. The number of Topliss-reactive ketones (excluding diaryl/α,β-unsaturated/α-hetero) is 1. The lowest BCUT2D eigenvalue weighted by Crippen LogP contribution is -2.34. The minimum atomic E-state index is 0.0839. The van der Waals surface area contributed by atoms with Crippen molar-refractivity contribution in [2.24, 2.45) is 0 Å². The van der Waals surface area contributed by atoms with Gasteiger partial charge in [-0.15, -0.1) is 11.3 Å². The Balaban J connectivity index is 1.24. The molecule has 0 saturated carbocycles. The number of carbonyl (C=O) groups excluding carboxylic acids is 1. The van der Waals surface area contributed by atoms with Crippen molar-refractivity contribution in [1.29, 1.82) is 0 Å². The Hall–Kier alpha value is -4.34. The van der Waals surface area contributed by atoms with Gasteiger partial charge in [-0.25, -0.2) is 4.98 Å². The standard InChI is InChI=1S/C32H30N6O2S/c1-18-3-4-23(30-8-7-29(41-30)19(2)39)24-15-28(35-27(24)13-18)32-31-26(37-38-32)6-5-25(36-31)20-14-22(17-34-16-20)40-21-9-11-33-12-10-21/h3-8,14-17,21,33,35H,9-13H2,1-2H3,(H,37,38). The Morgan fingerprint density at radius 3 is 2.78 bits per heavy atom. The SMILES string of the molecule is CC(=O)c1ccc(C2=CC=C(C)Cc3[nH]c(-c4n[nH]c5ccc(-c6cncc(OC7CCNCC7)c6)nc45)cc32)s1. The zero-order valence-electron chi connectivity index (χ0n) is 23.0. The van der Waals surface area contributed by atoms with Crippen LogP contribution < -0.4 is 10.1 Å². The molecule has 5 aromatic heterocycles. The number of nitrogens with zero attached hydrogens (tertiary/aromatic N) is 3. The maximum Gasteiger partial charge on any atom is 0.169 e. The molecule has 9 heteroatoms. The average molecular weight is 563 g/mol. The van der Waals surface area contributed by atoms with E-state index in [4.69, 9.17) is 9.72 Å². The first-order chi connectivity index (χ1) is 20.0. The molecule has 0 amide bonds. The largest absolute Gasteiger partial charge is 0.489 e. The van der Waals surface area contributed by atoms with Gasteiger partial charge in [-0.3, -0.25) is 14.9 Å². The summed E-state index contributed by atoms with van der Waals surface area (Å²) in [6.07, 6.45) is 10.9. The van der Waals surface area contributed by atoms with Gasteiger partial charge in [0.2, 0.25) is 0 Å². The molecule has 1 fully saturated rings. The zero-order valence-corrected chi connectivity index (χ0v) is 23.8. The third kappa shape index (κ3) is 5.03. The van der Waals surface area contributed by atoms with Gasteiger partial charge < -0.3 is 15.0 Å². The molecule has 1 saturated heterocycles. The van der Waals surface area contributed by atoms with Crippen LogP contribution in [0.5, 0.6) is 5.75 Å². The summed E-state index contributed by atoms with van der Waals surface area (Å²) in [4.78, 5) is 26.9. The lowest BCUT2D eigenvalue weighted by molar-refractivity contribution is 0.102. The Morgan fingerprint density at radius 1 is 1.07 bits per heavy atom. The van der Waals surface area contributed by atoms with Crippen molar-refractivity contribution in [3.8, 4) is 28.4 Å². The number of aromatic amines is 2. The number of thiophene rings is 1. The van der Waals surface area contributed by atoms with Gasteiger partial charge in [0.1, 0.15) is 23.1 Å². The second-order valence-corrected chi connectivity index (χ2v) is 11.8. The van der Waals surface area contributed by atoms with Crippen molar-refractivity contribution in [2.75, 3.05) is 13.1 Å². The summed E-state index contributed by atoms with van der Waals surface area (Å²) in [7, 11) is 0. The summed E-state index contributed by atoms with van der Waals surface area (Å²) in [6.45, 7) is 5.69. The molecule has 1 aliphatic heterocycles. The first-order valence-electron chi connectivity index (χ1n) is 13.9. The van der Waals surface area contributed by atoms with Crippen molar-refractivity contribution < 1.29 is 9.53 Å². The molecular weight excluding hydrogens is 532 g/mol. The van der Waals surface area contributed by atoms with Crippen molar-refractivity contribution >= 4 is 33.7 Å². The summed E-state index contributed by atoms with van der Waals surface area (Å²) in [5.41, 5.74) is 9.61. The molecule has 41 heavy (non-hydrogen) atoms. The summed E-state index contributed by atoms with van der Waals surface area (Å²) in [5, 5.41) is 11.2. The van der Waals surface area contributed by atoms with Gasteiger partial charge >= 0.3 is 0 Å². The number of H-pyrrole nitrogens is 2. The van der Waals surface area contributed by atoms with Crippen molar-refractivity contribution in [2.45, 2.75) is 39.2 Å². The number of pyridine rings is 2. The van der Waals surface area contributed by atoms with Crippen LogP contribution in [-0.2, 0) is 6.42 Å². The van der Waals surface area contributed by atoms with Crippen molar-refractivity contribution in [3.63, 3.8) is 0 Å². The second-order valence-electron chi connectivity index (χ2n) is 10.7. The van der Waals surface area contributed by atoms with Gasteiger partial charge in [0.15, 0.2) is 5.78 Å². The molecule has 0 atom stereocenters. The molecule has 8 nitrogen and oxygen atoms in total. The van der Waals surface area contributed by atoms with E-state index in [0.717, 1.165) is 98.4 Å². The monoisotopic (exact) mass is 562 g/mol. The van der Waals surface area contributed by atoms with Gasteiger partial charge in [-0.05, 0) is 76.2 Å². The van der Waals surface area contributed by atoms with E-state index in [2.05, 4.69) is 50.6 Å². The molecule has 2 aliphatic rings. The van der Waals surface area contributed by atoms with Crippen molar-refractivity contribution in [3.05, 3.63) is 87.5 Å². The van der Waals surface area contributed by atoms with Gasteiger partial charge in [0.25, 0.3) is 0 Å². The number of carbonyl (C=O) groups is 1. The maximum absolute atomic E-state index is 12.0. The van der Waals surface area contributed by atoms with Crippen LogP contribution in [0, 0.1) is 0 Å². The Kier molecular flexibility index (Phi) is 6.60. The van der Waals surface area contributed by atoms with Crippen molar-refractivity contribution in [1.82, 2.24) is 30.5 Å². The molecular formula is C32H30N6O2S. The van der Waals surface area contributed by atoms with E-state index in [0.29, 0.717) is 0 Å². The van der Waals surface area contributed by atoms with E-state index in [9.17, 15) is 4.79 Å². The number of hydrogen-bond acceptors (Lipinski definition) is 7. The molecule has 206 valence electrons. The molecule has 1 aliphatic carbocycles. The topological polar surface area (TPSA) is 109 Å². The second kappa shape index (κ2) is 10.6. The van der Waals surface area contributed by atoms with Crippen LogP contribution in [0.15, 0.2) is 66.5 Å². The molecule has 6 heterocycles. The summed E-state index contributed by atoms with van der Waals surface area (Å²) >= 11 is 1.53. The van der Waals surface area contributed by atoms with E-state index >= 15 is 0 Å². The van der Waals surface area contributed by atoms with E-state index in [1.54, 1.807) is 13.1 Å². The van der Waals surface area contributed by atoms with Gasteiger partial charge in [-0.2, -0.15) is 5.10 Å². The highest BCUT2D eigenvalue weighted by molar-refractivity contribution is 7.15. The number of aromatic nitrogens is 5. The predicted molar refractivity (Wildman–Crippen MR) is 162 cm³/mol. The summed E-state index contributed by atoms with van der Waals surface area (Å²) in [5.74, 6) is 0.849. The molecule has 0 radical (unpaired) electrons. The fourth-order valence-electron chi connectivity index (χ4n) is 5.52. The smallest absolute Gasteiger partial charge is 0.169 e. The average Bonchev–Trinajstić information content (AvgIpc) is 3.71. The van der Waals surface area contributed by atoms with Gasteiger partial charge in [-0.1, -0.05) is 17.7 Å². The lowest BCUT2D eigenvalue weighted by Gasteiger charge is -2.23. The van der Waals surface area contributed by atoms with E-state index < -0.39 is 0 Å². The Bertz CT molecular complexity index is 1840. The Labute approximate surface area is 241 Å². The van der Waals surface area contributed by atoms with Crippen LogP contribution in [0.2, 0.25) is 0 Å². The van der Waals surface area contributed by atoms with Crippen LogP contribution >= 0.6 is 11.3 Å². The normalized spacial score (nSPS) is 15.8. The number of ketones is 1. The van der Waals surface area contributed by atoms with Crippen LogP contribution in [0.4, 0.5) is 0 Å². The number of rotatable bonds is 6. The molecule has 5 aromatic rings. The van der Waals surface area contributed by atoms with Gasteiger partial charge in [0.05, 0.1) is 28.0 Å². The molecule has 0 spiro atoms. The third-order valence-corrected chi connectivity index (χ3v) is 8.88. The molecule has 0 aromatic carbocycles. The highest BCUT2D eigenvalue weighted by atomic mass is 32.1. The van der Waals surface area contributed by atoms with Crippen LogP contribution in [-0.4, -0.2) is 50.1 Å². The van der Waals surface area contributed by atoms with E-state index in [1.165, 1.54) is 16.9 Å². The summed E-state index contributed by atoms with van der Waals surface area (Å²) in [6, 6.07) is 12.1. The number of ether oxygens (including phenoxy) is 1. The molecule has 0 bridgehead atoms. The lowest BCUT2D eigenvalue weighted by atomic mass is 10.0. The minimum Gasteiger partial charge on any atom is -0.489 e. The zero-order chi connectivity index (χ0) is 27.9. The predicted octanol–water partition coefficient (Wildman–Crippen LogP) is 6.34. The Morgan fingerprint density at radius 2 is 1.95 bits per heavy atom. The first kappa shape index (κ1) is 25.6. The number of piperidine rings is 1. The highest BCUT2D eigenvalue weighted by Crippen LogP contribution is 2.38. The van der Waals surface area contributed by atoms with Crippen LogP contribution in [0.25, 0.3) is 39.3 Å². The summed E-state index contributed by atoms with van der Waals surface area (Å²) < 4.78 is 6.23. The number of hydrogen-bond donors (Lipinski definition) is 3. The minimum absolute atomic E-state index is 0.0839. The van der Waals surface area contributed by atoms with Gasteiger partial charge in [0, 0.05) is 39.9 Å². The number of nitrogens with one attached hydrogen (secondary N) is 3. The third-order valence-electron chi connectivity index (χ3n) is 7.66. The van der Waals surface area contributed by atoms with E-state index in [1.807, 2.05) is 36.5 Å².